The summed E-state index contributed by atoms with van der Waals surface area (Å²) in [5.41, 5.74) is 4.26. The Kier molecular flexibility index (Phi) is 7.59. The largest absolute Gasteiger partial charge is 0.462 e. The molecule has 4 nitrogen and oxygen atoms in total. The maximum Gasteiger partial charge on any atom is 0.302 e. The second-order valence-electron chi connectivity index (χ2n) is 14.7. The first-order valence-electron chi connectivity index (χ1n) is 14.9. The zero-order valence-corrected chi connectivity index (χ0v) is 24.5. The van der Waals surface area contributed by atoms with Crippen LogP contribution in [0.15, 0.2) is 11.1 Å². The first-order valence-corrected chi connectivity index (χ1v) is 14.9. The van der Waals surface area contributed by atoms with Crippen molar-refractivity contribution in [1.82, 2.24) is 0 Å². The van der Waals surface area contributed by atoms with Gasteiger partial charge in [-0.15, -0.1) is 0 Å². The van der Waals surface area contributed by atoms with E-state index >= 15 is 0 Å². The van der Waals surface area contributed by atoms with E-state index in [0.717, 1.165) is 19.3 Å². The van der Waals surface area contributed by atoms with Gasteiger partial charge in [-0.25, -0.2) is 0 Å². The van der Waals surface area contributed by atoms with Gasteiger partial charge in [-0.3, -0.25) is 4.79 Å². The van der Waals surface area contributed by atoms with Gasteiger partial charge in [0, 0.05) is 18.9 Å². The molecule has 0 spiro atoms. The zero-order chi connectivity index (χ0) is 26.7. The van der Waals surface area contributed by atoms with Crippen LogP contribution in [0.4, 0.5) is 0 Å². The lowest BCUT2D eigenvalue weighted by molar-refractivity contribution is -0.167. The van der Waals surface area contributed by atoms with Gasteiger partial charge in [0.2, 0.25) is 0 Å². The van der Waals surface area contributed by atoms with Crippen molar-refractivity contribution in [2.24, 2.45) is 45.3 Å². The van der Waals surface area contributed by atoms with Crippen LogP contribution < -0.4 is 0 Å². The molecule has 0 aliphatic heterocycles. The fraction of sp³-hybridized carbons (Fsp3) is 0.906. The molecule has 2 N–H and O–H groups in total. The maximum atomic E-state index is 11.8. The molecule has 0 saturated heterocycles. The number of hydrogen-bond acceptors (Lipinski definition) is 4. The highest BCUT2D eigenvalue weighted by Crippen LogP contribution is 2.72. The van der Waals surface area contributed by atoms with Crippen molar-refractivity contribution in [1.29, 1.82) is 0 Å². The highest BCUT2D eigenvalue weighted by atomic mass is 16.5. The van der Waals surface area contributed by atoms with E-state index in [0.29, 0.717) is 24.2 Å². The number of esters is 1. The minimum Gasteiger partial charge on any atom is -0.462 e. The van der Waals surface area contributed by atoms with Gasteiger partial charge in [-0.1, -0.05) is 59.6 Å². The Morgan fingerprint density at radius 1 is 0.972 bits per heavy atom. The Morgan fingerprint density at radius 3 is 2.31 bits per heavy atom. The number of fused-ring (bicyclic) bond motifs is 4. The van der Waals surface area contributed by atoms with E-state index in [1.165, 1.54) is 38.5 Å². The highest BCUT2D eigenvalue weighted by Gasteiger charge is 2.63. The number of rotatable bonds is 7. The second kappa shape index (κ2) is 9.70. The first kappa shape index (κ1) is 28.1. The number of carbonyl (C=O) groups is 1. The average Bonchev–Trinajstić information content (AvgIpc) is 3.07. The Balaban J connectivity index is 1.59. The van der Waals surface area contributed by atoms with Crippen LogP contribution in [0.3, 0.4) is 0 Å². The summed E-state index contributed by atoms with van der Waals surface area (Å²) in [5, 5.41) is 20.2. The summed E-state index contributed by atoms with van der Waals surface area (Å²) in [6.07, 6.45) is 10.7. The molecule has 0 amide bonds. The smallest absolute Gasteiger partial charge is 0.302 e. The summed E-state index contributed by atoms with van der Waals surface area (Å²) in [6, 6.07) is 0. The van der Waals surface area contributed by atoms with Gasteiger partial charge < -0.3 is 14.9 Å². The highest BCUT2D eigenvalue weighted by molar-refractivity contribution is 5.66. The molecule has 0 aromatic heterocycles. The zero-order valence-electron chi connectivity index (χ0n) is 24.5. The van der Waals surface area contributed by atoms with E-state index in [-0.39, 0.29) is 52.4 Å². The molecule has 0 aromatic rings. The maximum absolute atomic E-state index is 11.8. The normalized spacial score (nSPS) is 42.1. The minimum atomic E-state index is -0.319. The molecule has 2 saturated carbocycles. The predicted octanol–water partition coefficient (Wildman–Crippen LogP) is 7.07. The van der Waals surface area contributed by atoms with Crippen molar-refractivity contribution in [3.63, 3.8) is 0 Å². The monoisotopic (exact) mass is 502 g/mol. The van der Waals surface area contributed by atoms with E-state index in [9.17, 15) is 15.0 Å². The third-order valence-electron chi connectivity index (χ3n) is 12.4. The van der Waals surface area contributed by atoms with Crippen molar-refractivity contribution in [2.45, 2.75) is 132 Å². The molecule has 0 bridgehead atoms. The molecule has 4 aliphatic rings. The molecule has 2 fully saturated rings. The molecule has 4 rings (SSSR count). The summed E-state index contributed by atoms with van der Waals surface area (Å²) in [5.74, 6) is 1.70. The van der Waals surface area contributed by atoms with Gasteiger partial charge >= 0.3 is 5.97 Å². The standard InChI is InChI=1S/C32H54O4/c1-20(19-33)17-23(35)18-21(2)24-11-15-32(8)26-9-10-27-29(4,5)28(36-22(3)34)13-14-30(27,6)25(26)12-16-31(24,32)7/h20-21,23-24,27-28,33,35H,9-19H2,1-8H3/t20?,21-,23?,24-,27?,28?,30-,31-,32+/m1/s1. The number of allylic oxidation sites excluding steroid dienone is 2. The molecule has 0 radical (unpaired) electrons. The van der Waals surface area contributed by atoms with Crippen LogP contribution in [0, 0.1) is 45.3 Å². The Morgan fingerprint density at radius 2 is 1.67 bits per heavy atom. The van der Waals surface area contributed by atoms with E-state index in [4.69, 9.17) is 4.74 Å². The molecule has 9 atom stereocenters. The molecule has 206 valence electrons. The van der Waals surface area contributed by atoms with Crippen LogP contribution in [0.5, 0.6) is 0 Å². The number of ether oxygens (including phenoxy) is 1. The van der Waals surface area contributed by atoms with Crippen LogP contribution in [0.2, 0.25) is 0 Å². The number of hydrogen-bond donors (Lipinski definition) is 2. The minimum absolute atomic E-state index is 0.00652. The van der Waals surface area contributed by atoms with E-state index in [1.807, 2.05) is 6.92 Å². The third-order valence-corrected chi connectivity index (χ3v) is 12.4. The van der Waals surface area contributed by atoms with Crippen molar-refractivity contribution >= 4 is 5.97 Å². The molecular formula is C32H54O4. The molecule has 0 heterocycles. The van der Waals surface area contributed by atoms with Gasteiger partial charge in [0.25, 0.3) is 0 Å². The van der Waals surface area contributed by atoms with Crippen LogP contribution in [0.1, 0.15) is 120 Å². The van der Waals surface area contributed by atoms with Crippen molar-refractivity contribution in [3.05, 3.63) is 11.1 Å². The van der Waals surface area contributed by atoms with E-state index in [2.05, 4.69) is 41.5 Å². The van der Waals surface area contributed by atoms with Crippen molar-refractivity contribution in [2.75, 3.05) is 6.61 Å². The summed E-state index contributed by atoms with van der Waals surface area (Å²) >= 11 is 0. The van der Waals surface area contributed by atoms with Crippen LogP contribution in [0.25, 0.3) is 0 Å². The van der Waals surface area contributed by atoms with Crippen LogP contribution in [-0.4, -0.2) is 35.0 Å². The molecule has 4 unspecified atom stereocenters. The van der Waals surface area contributed by atoms with Crippen LogP contribution >= 0.6 is 0 Å². The molecule has 0 aromatic carbocycles. The fourth-order valence-corrected chi connectivity index (χ4v) is 10.3. The van der Waals surface area contributed by atoms with E-state index in [1.54, 1.807) is 18.1 Å². The Labute approximate surface area is 220 Å². The van der Waals surface area contributed by atoms with E-state index < -0.39 is 0 Å². The Hall–Kier alpha value is -0.870. The van der Waals surface area contributed by atoms with Gasteiger partial charge in [0.1, 0.15) is 6.10 Å². The summed E-state index contributed by atoms with van der Waals surface area (Å²) in [7, 11) is 0. The topological polar surface area (TPSA) is 66.8 Å². The Bertz CT molecular complexity index is 875. The second-order valence-corrected chi connectivity index (χ2v) is 14.7. The quantitative estimate of drug-likeness (QED) is 0.288. The van der Waals surface area contributed by atoms with Gasteiger partial charge in [0.05, 0.1) is 6.10 Å². The third kappa shape index (κ3) is 4.31. The lowest BCUT2D eigenvalue weighted by Crippen LogP contribution is -2.55. The number of aliphatic hydroxyl groups excluding tert-OH is 2. The fourth-order valence-electron chi connectivity index (χ4n) is 10.3. The first-order chi connectivity index (χ1) is 16.7. The lowest BCUT2D eigenvalue weighted by Gasteiger charge is -2.62. The van der Waals surface area contributed by atoms with Gasteiger partial charge in [-0.05, 0) is 104 Å². The lowest BCUT2D eigenvalue weighted by atomic mass is 9.43. The van der Waals surface area contributed by atoms with Crippen LogP contribution in [-0.2, 0) is 9.53 Å². The predicted molar refractivity (Wildman–Crippen MR) is 145 cm³/mol. The van der Waals surface area contributed by atoms with Gasteiger partial charge in [-0.2, -0.15) is 0 Å². The molecule has 36 heavy (non-hydrogen) atoms. The summed E-state index contributed by atoms with van der Waals surface area (Å²) in [6.45, 7) is 18.5. The van der Waals surface area contributed by atoms with Crippen molar-refractivity contribution in [3.8, 4) is 0 Å². The molecule has 4 aliphatic carbocycles. The summed E-state index contributed by atoms with van der Waals surface area (Å²) in [4.78, 5) is 11.8. The SMILES string of the molecule is CC(=O)OC1CC[C@]2(C)C3=C(CCC2C1(C)C)[C@]1(C)CC[C@H]([C@H](C)CC(O)CC(C)CO)[C@@]1(C)CC3. The number of aliphatic hydroxyl groups is 2. The average molecular weight is 503 g/mol. The summed E-state index contributed by atoms with van der Waals surface area (Å²) < 4.78 is 5.86. The van der Waals surface area contributed by atoms with Gasteiger partial charge in [0.15, 0.2) is 0 Å². The van der Waals surface area contributed by atoms with Crippen molar-refractivity contribution < 1.29 is 19.7 Å². The molecular weight excluding hydrogens is 448 g/mol. The molecule has 4 heteroatoms. The number of carbonyl (C=O) groups excluding carboxylic acids is 1.